The molecular formula is C22H18ClF3N6O4. The Hall–Kier alpha value is -3.36. The molecule has 2 aromatic carbocycles. The first-order chi connectivity index (χ1) is 17.3. The van der Waals surface area contributed by atoms with Gasteiger partial charge in [-0.15, -0.1) is 10.2 Å². The molecule has 0 radical (unpaired) electrons. The quantitative estimate of drug-likeness (QED) is 0.340. The lowest BCUT2D eigenvalue weighted by molar-refractivity contribution is -0.233. The van der Waals surface area contributed by atoms with Crippen LogP contribution >= 0.6 is 11.6 Å². The van der Waals surface area contributed by atoms with Crippen LogP contribution in [0.4, 0.5) is 13.2 Å². The van der Waals surface area contributed by atoms with Gasteiger partial charge in [0.05, 0.1) is 24.7 Å². The van der Waals surface area contributed by atoms with E-state index in [0.717, 1.165) is 16.8 Å². The molecule has 14 heteroatoms. The fourth-order valence-corrected chi connectivity index (χ4v) is 4.33. The van der Waals surface area contributed by atoms with Crippen molar-refractivity contribution >= 4 is 11.6 Å². The van der Waals surface area contributed by atoms with E-state index in [1.54, 1.807) is 24.3 Å². The van der Waals surface area contributed by atoms with Crippen molar-refractivity contribution in [1.29, 1.82) is 0 Å². The van der Waals surface area contributed by atoms with Crippen molar-refractivity contribution in [2.75, 3.05) is 6.61 Å². The Kier molecular flexibility index (Phi) is 6.49. The average molecular weight is 523 g/mol. The summed E-state index contributed by atoms with van der Waals surface area (Å²) in [5.74, 6) is -4.45. The molecule has 1 saturated heterocycles. The van der Waals surface area contributed by atoms with Gasteiger partial charge in [0.2, 0.25) is 0 Å². The van der Waals surface area contributed by atoms with E-state index in [1.165, 1.54) is 17.1 Å². The van der Waals surface area contributed by atoms with E-state index in [9.17, 15) is 28.5 Å². The van der Waals surface area contributed by atoms with Crippen LogP contribution in [0.3, 0.4) is 0 Å². The maximum Gasteiger partial charge on any atom is 0.194 e. The zero-order chi connectivity index (χ0) is 25.6. The van der Waals surface area contributed by atoms with Crippen LogP contribution in [0.15, 0.2) is 48.8 Å². The molecule has 36 heavy (non-hydrogen) atoms. The zero-order valence-electron chi connectivity index (χ0n) is 18.2. The van der Waals surface area contributed by atoms with Gasteiger partial charge < -0.3 is 20.1 Å². The van der Waals surface area contributed by atoms with E-state index in [0.29, 0.717) is 16.3 Å². The molecule has 0 amide bonds. The highest BCUT2D eigenvalue weighted by Gasteiger charge is 2.47. The first kappa shape index (κ1) is 24.3. The van der Waals surface area contributed by atoms with Crippen LogP contribution in [0.1, 0.15) is 12.3 Å². The van der Waals surface area contributed by atoms with Crippen LogP contribution in [-0.4, -0.2) is 70.2 Å². The fourth-order valence-electron chi connectivity index (χ4n) is 4.14. The van der Waals surface area contributed by atoms with Gasteiger partial charge in [0, 0.05) is 16.1 Å². The molecule has 3 N–H and O–H groups in total. The Labute approximate surface area is 206 Å². The molecule has 188 valence electrons. The Balaban J connectivity index is 1.52. The minimum atomic E-state index is -1.63. The summed E-state index contributed by atoms with van der Waals surface area (Å²) in [6, 6.07) is 7.07. The third-order valence-electron chi connectivity index (χ3n) is 5.90. The van der Waals surface area contributed by atoms with Gasteiger partial charge in [0.15, 0.2) is 23.7 Å². The molecule has 2 aromatic heterocycles. The monoisotopic (exact) mass is 522 g/mol. The van der Waals surface area contributed by atoms with Gasteiger partial charge in [-0.25, -0.2) is 22.5 Å². The van der Waals surface area contributed by atoms with Crippen molar-refractivity contribution in [1.82, 2.24) is 30.0 Å². The SMILES string of the molecule is OC[C@H]1O[C@H](n2nncc2-c2cccc(Cl)c2)[C@H](O)[C@@H](n2cc(-c3cc(F)c(F)c(F)c3)nn2)[C@H]1O. The maximum atomic E-state index is 13.7. The van der Waals surface area contributed by atoms with Crippen LogP contribution in [0.2, 0.25) is 5.02 Å². The Bertz CT molecular complexity index is 1380. The van der Waals surface area contributed by atoms with Crippen molar-refractivity contribution in [3.8, 4) is 22.5 Å². The van der Waals surface area contributed by atoms with E-state index >= 15 is 0 Å². The van der Waals surface area contributed by atoms with Crippen LogP contribution in [0, 0.1) is 17.5 Å². The minimum Gasteiger partial charge on any atom is -0.394 e. The number of hydrogen-bond acceptors (Lipinski definition) is 8. The predicted octanol–water partition coefficient (Wildman–Crippen LogP) is 2.13. The van der Waals surface area contributed by atoms with E-state index in [1.807, 2.05) is 0 Å². The largest absolute Gasteiger partial charge is 0.394 e. The third-order valence-corrected chi connectivity index (χ3v) is 6.13. The van der Waals surface area contributed by atoms with Crippen molar-refractivity contribution in [2.45, 2.75) is 30.6 Å². The lowest BCUT2D eigenvalue weighted by Gasteiger charge is -2.42. The Morgan fingerprint density at radius 1 is 1.00 bits per heavy atom. The van der Waals surface area contributed by atoms with E-state index < -0.39 is 54.6 Å². The van der Waals surface area contributed by atoms with Crippen LogP contribution in [0.5, 0.6) is 0 Å². The zero-order valence-corrected chi connectivity index (χ0v) is 18.9. The van der Waals surface area contributed by atoms with Crippen LogP contribution in [0.25, 0.3) is 22.5 Å². The summed E-state index contributed by atoms with van der Waals surface area (Å²) >= 11 is 6.09. The summed E-state index contributed by atoms with van der Waals surface area (Å²) in [4.78, 5) is 0. The summed E-state index contributed by atoms with van der Waals surface area (Å²) in [7, 11) is 0. The van der Waals surface area contributed by atoms with Crippen LogP contribution in [-0.2, 0) is 4.74 Å². The lowest BCUT2D eigenvalue weighted by atomic mass is 9.95. The number of nitrogens with zero attached hydrogens (tertiary/aromatic N) is 6. The molecule has 3 heterocycles. The fraction of sp³-hybridized carbons (Fsp3) is 0.273. The molecule has 0 spiro atoms. The van der Waals surface area contributed by atoms with Crippen molar-refractivity contribution in [2.24, 2.45) is 0 Å². The topological polar surface area (TPSA) is 131 Å². The number of aromatic nitrogens is 6. The highest BCUT2D eigenvalue weighted by molar-refractivity contribution is 6.30. The number of ether oxygens (including phenoxy) is 1. The van der Waals surface area contributed by atoms with Crippen molar-refractivity contribution in [3.05, 3.63) is 71.3 Å². The summed E-state index contributed by atoms with van der Waals surface area (Å²) in [5, 5.41) is 48.0. The van der Waals surface area contributed by atoms with E-state index in [4.69, 9.17) is 16.3 Å². The van der Waals surface area contributed by atoms with Gasteiger partial charge in [-0.2, -0.15) is 0 Å². The molecule has 0 saturated carbocycles. The number of rotatable bonds is 5. The van der Waals surface area contributed by atoms with Crippen molar-refractivity contribution in [3.63, 3.8) is 0 Å². The average Bonchev–Trinajstić information content (AvgIpc) is 3.53. The second-order valence-electron chi connectivity index (χ2n) is 8.13. The predicted molar refractivity (Wildman–Crippen MR) is 118 cm³/mol. The molecule has 5 atom stereocenters. The molecule has 1 aliphatic heterocycles. The van der Waals surface area contributed by atoms with Gasteiger partial charge in [-0.1, -0.05) is 34.2 Å². The molecule has 10 nitrogen and oxygen atoms in total. The van der Waals surface area contributed by atoms with Gasteiger partial charge in [0.25, 0.3) is 0 Å². The molecule has 4 aromatic rings. The Morgan fingerprint density at radius 3 is 2.44 bits per heavy atom. The smallest absolute Gasteiger partial charge is 0.194 e. The van der Waals surface area contributed by atoms with Gasteiger partial charge >= 0.3 is 0 Å². The molecular weight excluding hydrogens is 505 g/mol. The standard InChI is InChI=1S/C22H18ClF3N6O4/c23-12-3-1-2-10(4-12)16-7-27-29-32(16)22-21(35)19(20(34)17(9-33)36-22)31-8-15(28-30-31)11-5-13(24)18(26)14(25)6-11/h1-8,17,19-22,33-35H,9H2/t17-,19+,20+,21-,22+/m1/s1. The molecule has 1 fully saturated rings. The minimum absolute atomic E-state index is 0.0452. The summed E-state index contributed by atoms with van der Waals surface area (Å²) < 4.78 is 48.9. The maximum absolute atomic E-state index is 13.7. The van der Waals surface area contributed by atoms with E-state index in [-0.39, 0.29) is 11.3 Å². The normalized spacial score (nSPS) is 24.2. The van der Waals surface area contributed by atoms with Gasteiger partial charge in [0.1, 0.15) is 30.0 Å². The summed E-state index contributed by atoms with van der Waals surface area (Å²) in [6.45, 7) is -0.613. The number of hydrogen-bond donors (Lipinski definition) is 3. The summed E-state index contributed by atoms with van der Waals surface area (Å²) in [6.07, 6.45) is -2.72. The first-order valence-electron chi connectivity index (χ1n) is 10.6. The molecule has 0 bridgehead atoms. The second-order valence-corrected chi connectivity index (χ2v) is 8.57. The lowest BCUT2D eigenvalue weighted by Crippen LogP contribution is -2.54. The van der Waals surface area contributed by atoms with E-state index in [2.05, 4.69) is 20.6 Å². The number of halogens is 4. The number of benzene rings is 2. The summed E-state index contributed by atoms with van der Waals surface area (Å²) in [5.41, 5.74) is 0.902. The number of aliphatic hydroxyl groups is 3. The molecule has 0 unspecified atom stereocenters. The molecule has 5 rings (SSSR count). The highest BCUT2D eigenvalue weighted by atomic mass is 35.5. The molecule has 1 aliphatic rings. The Morgan fingerprint density at radius 2 is 1.75 bits per heavy atom. The number of aliphatic hydroxyl groups excluding tert-OH is 3. The van der Waals surface area contributed by atoms with Crippen LogP contribution < -0.4 is 0 Å². The second kappa shape index (κ2) is 9.59. The van der Waals surface area contributed by atoms with Crippen molar-refractivity contribution < 1.29 is 33.2 Å². The van der Waals surface area contributed by atoms with Gasteiger partial charge in [-0.05, 0) is 24.3 Å². The first-order valence-corrected chi connectivity index (χ1v) is 11.0. The van der Waals surface area contributed by atoms with Gasteiger partial charge in [-0.3, -0.25) is 0 Å². The third kappa shape index (κ3) is 4.24. The highest BCUT2D eigenvalue weighted by Crippen LogP contribution is 2.37. The molecule has 0 aliphatic carbocycles.